The fraction of sp³-hybridized carbons (Fsp3) is 0.652. The molecule has 1 saturated carbocycles. The Morgan fingerprint density at radius 1 is 0.969 bits per heavy atom. The third-order valence-electron chi connectivity index (χ3n) is 5.28. The molecule has 0 aliphatic heterocycles. The van der Waals surface area contributed by atoms with Gasteiger partial charge in [-0.15, -0.1) is 0 Å². The molecule has 9 nitrogen and oxygen atoms in total. The number of esters is 2. The minimum atomic E-state index is -0.571. The number of carbonyl (C=O) groups excluding carboxylic acids is 4. The van der Waals surface area contributed by atoms with Crippen LogP contribution in [-0.4, -0.2) is 56.3 Å². The Bertz CT molecular complexity index is 704. The standard InChI is InChI=1S/C23H36N2O7/c1-6-18(26)24-10-11-30-20(28)8-9-23(5)15-17(14-22(3,4)16-23)25-21(29)32-13-12-31-19(27)7-2/h6-7,17H,1-2,8-16H2,3-5H3,(H,24,26)(H,25,29). The molecule has 0 heterocycles. The zero-order chi connectivity index (χ0) is 24.2. The van der Waals surface area contributed by atoms with Crippen molar-refractivity contribution in [1.82, 2.24) is 10.6 Å². The van der Waals surface area contributed by atoms with Gasteiger partial charge in [0.15, 0.2) is 0 Å². The van der Waals surface area contributed by atoms with Crippen molar-refractivity contribution < 1.29 is 33.4 Å². The number of rotatable bonds is 12. The van der Waals surface area contributed by atoms with Gasteiger partial charge < -0.3 is 24.8 Å². The largest absolute Gasteiger partial charge is 0.464 e. The van der Waals surface area contributed by atoms with E-state index in [0.717, 1.165) is 25.0 Å². The first-order valence-corrected chi connectivity index (χ1v) is 10.8. The Hall–Kier alpha value is -2.84. The highest BCUT2D eigenvalue weighted by molar-refractivity contribution is 5.86. The van der Waals surface area contributed by atoms with E-state index in [9.17, 15) is 19.2 Å². The van der Waals surface area contributed by atoms with Gasteiger partial charge in [-0.05, 0) is 42.6 Å². The number of hydrogen-bond acceptors (Lipinski definition) is 7. The van der Waals surface area contributed by atoms with Crippen LogP contribution in [0, 0.1) is 10.8 Å². The fourth-order valence-electron chi connectivity index (χ4n) is 4.36. The second-order valence-electron chi connectivity index (χ2n) is 9.12. The number of nitrogens with one attached hydrogen (secondary N) is 2. The number of hydrogen-bond donors (Lipinski definition) is 2. The van der Waals surface area contributed by atoms with Crippen LogP contribution in [0.3, 0.4) is 0 Å². The van der Waals surface area contributed by atoms with Crippen LogP contribution in [0.15, 0.2) is 25.3 Å². The molecule has 1 rings (SSSR count). The van der Waals surface area contributed by atoms with E-state index >= 15 is 0 Å². The van der Waals surface area contributed by atoms with E-state index in [2.05, 4.69) is 44.6 Å². The maximum absolute atomic E-state index is 12.1. The lowest BCUT2D eigenvalue weighted by Crippen LogP contribution is -2.47. The average Bonchev–Trinajstić information content (AvgIpc) is 2.71. The lowest BCUT2D eigenvalue weighted by atomic mass is 9.61. The van der Waals surface area contributed by atoms with Crippen LogP contribution in [0.1, 0.15) is 52.9 Å². The Kier molecular flexibility index (Phi) is 10.9. The number of amides is 2. The molecular weight excluding hydrogens is 416 g/mol. The SMILES string of the molecule is C=CC(=O)NCCOC(=O)CCC1(C)CC(NC(=O)OCCOC(=O)C=C)CC(C)(C)C1. The second kappa shape index (κ2) is 12.9. The van der Waals surface area contributed by atoms with Gasteiger partial charge in [0.2, 0.25) is 5.91 Å². The van der Waals surface area contributed by atoms with Crippen LogP contribution in [0.4, 0.5) is 4.79 Å². The van der Waals surface area contributed by atoms with Gasteiger partial charge in [0.25, 0.3) is 0 Å². The molecular formula is C23H36N2O7. The van der Waals surface area contributed by atoms with Crippen LogP contribution in [0.5, 0.6) is 0 Å². The minimum Gasteiger partial charge on any atom is -0.464 e. The predicted octanol–water partition coefficient (Wildman–Crippen LogP) is 2.65. The monoisotopic (exact) mass is 452 g/mol. The molecule has 1 fully saturated rings. The van der Waals surface area contributed by atoms with Crippen molar-refractivity contribution in [2.24, 2.45) is 10.8 Å². The normalized spacial score (nSPS) is 21.5. The summed E-state index contributed by atoms with van der Waals surface area (Å²) in [5, 5.41) is 5.44. The minimum absolute atomic E-state index is 0.0245. The second-order valence-corrected chi connectivity index (χ2v) is 9.12. The van der Waals surface area contributed by atoms with E-state index in [1.165, 1.54) is 0 Å². The molecule has 0 aromatic carbocycles. The Morgan fingerprint density at radius 2 is 1.66 bits per heavy atom. The van der Waals surface area contributed by atoms with Gasteiger partial charge in [0.05, 0.1) is 6.54 Å². The number of alkyl carbamates (subject to hydrolysis) is 1. The number of ether oxygens (including phenoxy) is 3. The maximum Gasteiger partial charge on any atom is 0.407 e. The van der Waals surface area contributed by atoms with Crippen molar-refractivity contribution in [1.29, 1.82) is 0 Å². The molecule has 0 spiro atoms. The summed E-state index contributed by atoms with van der Waals surface area (Å²) in [7, 11) is 0. The van der Waals surface area contributed by atoms with Gasteiger partial charge in [0.1, 0.15) is 19.8 Å². The highest BCUT2D eigenvalue weighted by Gasteiger charge is 2.41. The van der Waals surface area contributed by atoms with Crippen molar-refractivity contribution in [3.05, 3.63) is 25.3 Å². The van der Waals surface area contributed by atoms with E-state index in [0.29, 0.717) is 12.8 Å². The third kappa shape index (κ3) is 11.0. The van der Waals surface area contributed by atoms with E-state index < -0.39 is 12.1 Å². The van der Waals surface area contributed by atoms with Crippen molar-refractivity contribution in [2.75, 3.05) is 26.4 Å². The van der Waals surface area contributed by atoms with Gasteiger partial charge in [-0.3, -0.25) is 9.59 Å². The highest BCUT2D eigenvalue weighted by Crippen LogP contribution is 2.48. The molecule has 0 saturated heterocycles. The Labute approximate surface area is 189 Å². The molecule has 180 valence electrons. The van der Waals surface area contributed by atoms with Gasteiger partial charge in [-0.2, -0.15) is 0 Å². The summed E-state index contributed by atoms with van der Waals surface area (Å²) in [6, 6.07) is -0.0999. The van der Waals surface area contributed by atoms with Crippen LogP contribution < -0.4 is 10.6 Å². The molecule has 9 heteroatoms. The number of carbonyl (C=O) groups is 4. The topological polar surface area (TPSA) is 120 Å². The molecule has 0 aromatic heterocycles. The quantitative estimate of drug-likeness (QED) is 0.202. The molecule has 2 atom stereocenters. The maximum atomic E-state index is 12.1. The zero-order valence-corrected chi connectivity index (χ0v) is 19.4. The highest BCUT2D eigenvalue weighted by atomic mass is 16.6. The molecule has 2 amide bonds. The fourth-order valence-corrected chi connectivity index (χ4v) is 4.36. The van der Waals surface area contributed by atoms with E-state index in [-0.39, 0.29) is 61.5 Å². The van der Waals surface area contributed by atoms with Crippen molar-refractivity contribution in [3.8, 4) is 0 Å². The van der Waals surface area contributed by atoms with Crippen LogP contribution in [-0.2, 0) is 28.6 Å². The average molecular weight is 453 g/mol. The van der Waals surface area contributed by atoms with E-state index in [1.54, 1.807) is 0 Å². The van der Waals surface area contributed by atoms with E-state index in [4.69, 9.17) is 14.2 Å². The van der Waals surface area contributed by atoms with Crippen molar-refractivity contribution in [2.45, 2.75) is 58.9 Å². The molecule has 1 aliphatic carbocycles. The van der Waals surface area contributed by atoms with Gasteiger partial charge in [0, 0.05) is 18.5 Å². The summed E-state index contributed by atoms with van der Waals surface area (Å²) < 4.78 is 15.0. The lowest BCUT2D eigenvalue weighted by Gasteiger charge is -2.46. The molecule has 0 aromatic rings. The summed E-state index contributed by atoms with van der Waals surface area (Å²) in [5.41, 5.74) is -0.182. The Morgan fingerprint density at radius 3 is 2.31 bits per heavy atom. The molecule has 32 heavy (non-hydrogen) atoms. The Balaban J connectivity index is 2.46. The van der Waals surface area contributed by atoms with Crippen LogP contribution >= 0.6 is 0 Å². The third-order valence-corrected chi connectivity index (χ3v) is 5.28. The zero-order valence-electron chi connectivity index (χ0n) is 19.4. The lowest BCUT2D eigenvalue weighted by molar-refractivity contribution is -0.145. The van der Waals surface area contributed by atoms with Gasteiger partial charge >= 0.3 is 18.0 Å². The van der Waals surface area contributed by atoms with Crippen molar-refractivity contribution in [3.63, 3.8) is 0 Å². The van der Waals surface area contributed by atoms with Crippen LogP contribution in [0.25, 0.3) is 0 Å². The summed E-state index contributed by atoms with van der Waals surface area (Å²) in [6.07, 6.45) is 4.93. The van der Waals surface area contributed by atoms with E-state index in [1.807, 2.05) is 0 Å². The first-order chi connectivity index (χ1) is 15.0. The molecule has 0 bridgehead atoms. The summed E-state index contributed by atoms with van der Waals surface area (Å²) >= 11 is 0. The summed E-state index contributed by atoms with van der Waals surface area (Å²) in [4.78, 5) is 46.3. The smallest absolute Gasteiger partial charge is 0.407 e. The predicted molar refractivity (Wildman–Crippen MR) is 119 cm³/mol. The van der Waals surface area contributed by atoms with Gasteiger partial charge in [-0.25, -0.2) is 9.59 Å². The van der Waals surface area contributed by atoms with Crippen LogP contribution in [0.2, 0.25) is 0 Å². The first-order valence-electron chi connectivity index (χ1n) is 10.8. The van der Waals surface area contributed by atoms with Crippen molar-refractivity contribution >= 4 is 23.9 Å². The molecule has 2 unspecified atom stereocenters. The van der Waals surface area contributed by atoms with Gasteiger partial charge in [-0.1, -0.05) is 33.9 Å². The summed E-state index contributed by atoms with van der Waals surface area (Å²) in [6.45, 7) is 13.3. The first kappa shape index (κ1) is 27.2. The molecule has 0 radical (unpaired) electrons. The molecule has 1 aliphatic rings. The summed E-state index contributed by atoms with van der Waals surface area (Å²) in [5.74, 6) is -1.20. The molecule has 2 N–H and O–H groups in total.